The number of amides is 2. The molecule has 0 saturated carbocycles. The topological polar surface area (TPSA) is 122 Å². The van der Waals surface area contributed by atoms with Crippen molar-refractivity contribution < 1.29 is 18.0 Å². The third-order valence-electron chi connectivity index (χ3n) is 5.69. The lowest BCUT2D eigenvalue weighted by Crippen LogP contribution is -2.56. The predicted octanol–water partition coefficient (Wildman–Crippen LogP) is -0.342. The van der Waals surface area contributed by atoms with Crippen LogP contribution in [-0.4, -0.2) is 84.1 Å². The molecule has 10 nitrogen and oxygen atoms in total. The molecule has 2 amide bonds. The Morgan fingerprint density at radius 1 is 1.16 bits per heavy atom. The molecule has 174 valence electrons. The van der Waals surface area contributed by atoms with Crippen molar-refractivity contribution in [3.8, 4) is 0 Å². The van der Waals surface area contributed by atoms with E-state index in [1.165, 1.54) is 39.6 Å². The molecule has 0 spiro atoms. The largest absolute Gasteiger partial charge is 0.368 e. The zero-order valence-corrected chi connectivity index (χ0v) is 19.2. The van der Waals surface area contributed by atoms with Gasteiger partial charge in [0.1, 0.15) is 12.4 Å². The molecule has 1 aromatic carbocycles. The van der Waals surface area contributed by atoms with Gasteiger partial charge >= 0.3 is 0 Å². The number of carbonyl (C=O) groups excluding carboxylic acids is 2. The van der Waals surface area contributed by atoms with Gasteiger partial charge in [0.15, 0.2) is 0 Å². The number of hydrogen-bond acceptors (Lipinski definition) is 6. The maximum absolute atomic E-state index is 13.7. The molecule has 1 aliphatic heterocycles. The monoisotopic (exact) mass is 462 g/mol. The van der Waals surface area contributed by atoms with Crippen molar-refractivity contribution in [1.29, 1.82) is 0 Å². The van der Waals surface area contributed by atoms with Crippen molar-refractivity contribution in [2.24, 2.45) is 11.7 Å². The Morgan fingerprint density at radius 2 is 1.81 bits per heavy atom. The number of primary amides is 1. The Labute approximate surface area is 188 Å². The number of sulfonamides is 1. The van der Waals surface area contributed by atoms with Crippen LogP contribution in [0.3, 0.4) is 0 Å². The minimum absolute atomic E-state index is 0.212. The van der Waals surface area contributed by atoms with E-state index >= 15 is 0 Å². The van der Waals surface area contributed by atoms with Crippen LogP contribution in [-0.2, 0) is 26.0 Å². The normalized spacial score (nSPS) is 17.6. The number of nitrogens with two attached hydrogens (primary N) is 1. The number of nitrogens with zero attached hydrogens (tertiary/aromatic N) is 5. The Kier molecular flexibility index (Phi) is 7.64. The highest BCUT2D eigenvalue weighted by Gasteiger charge is 2.37. The van der Waals surface area contributed by atoms with Gasteiger partial charge in [-0.2, -0.15) is 4.31 Å². The van der Waals surface area contributed by atoms with Crippen molar-refractivity contribution in [2.75, 3.05) is 44.0 Å². The van der Waals surface area contributed by atoms with E-state index in [-0.39, 0.29) is 12.2 Å². The Balaban J connectivity index is 1.92. The SMILES string of the molecule is CC(C(N)=O)N(C(=O)C(Cc1ccccc1)CS(=O)(=O)N1CCN(C)CC1)n1ccnc1. The van der Waals surface area contributed by atoms with E-state index < -0.39 is 33.8 Å². The summed E-state index contributed by atoms with van der Waals surface area (Å²) in [5.41, 5.74) is 6.32. The van der Waals surface area contributed by atoms with E-state index in [4.69, 9.17) is 5.73 Å². The molecule has 2 atom stereocenters. The van der Waals surface area contributed by atoms with E-state index in [9.17, 15) is 18.0 Å². The summed E-state index contributed by atoms with van der Waals surface area (Å²) in [6.45, 7) is 3.55. The van der Waals surface area contributed by atoms with Gasteiger partial charge in [-0.1, -0.05) is 30.3 Å². The number of carbonyl (C=O) groups is 2. The second-order valence-corrected chi connectivity index (χ2v) is 10.1. The van der Waals surface area contributed by atoms with Gasteiger partial charge in [-0.15, -0.1) is 0 Å². The highest BCUT2D eigenvalue weighted by molar-refractivity contribution is 7.89. The molecule has 2 N–H and O–H groups in total. The smallest absolute Gasteiger partial charge is 0.246 e. The molecule has 32 heavy (non-hydrogen) atoms. The molecular formula is C21H30N6O4S. The van der Waals surface area contributed by atoms with Gasteiger partial charge in [0, 0.05) is 38.6 Å². The van der Waals surface area contributed by atoms with Crippen molar-refractivity contribution in [2.45, 2.75) is 19.4 Å². The maximum atomic E-state index is 13.7. The Hall–Kier alpha value is -2.76. The number of rotatable bonds is 9. The third kappa shape index (κ3) is 5.72. The molecular weight excluding hydrogens is 432 g/mol. The molecule has 3 rings (SSSR count). The van der Waals surface area contributed by atoms with Crippen LogP contribution in [0, 0.1) is 5.92 Å². The number of hydrogen-bond donors (Lipinski definition) is 1. The fraction of sp³-hybridized carbons (Fsp3) is 0.476. The molecule has 0 aliphatic carbocycles. The molecule has 1 saturated heterocycles. The van der Waals surface area contributed by atoms with Gasteiger partial charge in [-0.3, -0.25) is 9.59 Å². The number of aromatic nitrogens is 2. The van der Waals surface area contributed by atoms with Gasteiger partial charge in [-0.25, -0.2) is 23.1 Å². The molecule has 2 unspecified atom stereocenters. The molecule has 1 aromatic heterocycles. The highest BCUT2D eigenvalue weighted by atomic mass is 32.2. The Morgan fingerprint density at radius 3 is 2.38 bits per heavy atom. The number of benzene rings is 1. The van der Waals surface area contributed by atoms with E-state index in [0.717, 1.165) is 5.56 Å². The van der Waals surface area contributed by atoms with Crippen LogP contribution in [0.2, 0.25) is 0 Å². The van der Waals surface area contributed by atoms with Gasteiger partial charge in [0.05, 0.1) is 11.7 Å². The highest BCUT2D eigenvalue weighted by Crippen LogP contribution is 2.19. The number of piperazine rings is 1. The van der Waals surface area contributed by atoms with Crippen LogP contribution >= 0.6 is 0 Å². The average molecular weight is 463 g/mol. The van der Waals surface area contributed by atoms with Crippen LogP contribution in [0.4, 0.5) is 0 Å². The summed E-state index contributed by atoms with van der Waals surface area (Å²) in [7, 11) is -1.76. The predicted molar refractivity (Wildman–Crippen MR) is 121 cm³/mol. The zero-order valence-electron chi connectivity index (χ0n) is 18.4. The summed E-state index contributed by atoms with van der Waals surface area (Å²) in [5.74, 6) is -2.48. The standard InChI is InChI=1S/C21H30N6O4S/c1-17(20(22)28)27(25-9-8-23-16-25)21(29)19(14-18-6-4-3-5-7-18)15-32(30,31)26-12-10-24(2)11-13-26/h3-9,16-17,19H,10-15H2,1-2H3,(H2,22,28). The molecule has 0 bridgehead atoms. The lowest BCUT2D eigenvalue weighted by Gasteiger charge is -2.34. The quantitative estimate of drug-likeness (QED) is 0.544. The number of imidazole rings is 1. The summed E-state index contributed by atoms with van der Waals surface area (Å²) in [4.78, 5) is 31.6. The van der Waals surface area contributed by atoms with Crippen molar-refractivity contribution >= 4 is 21.8 Å². The molecule has 2 heterocycles. The molecule has 11 heteroatoms. The first kappa shape index (κ1) is 23.9. The molecule has 1 fully saturated rings. The fourth-order valence-electron chi connectivity index (χ4n) is 3.73. The Bertz CT molecular complexity index is 1000. The van der Waals surface area contributed by atoms with E-state index in [2.05, 4.69) is 9.88 Å². The lowest BCUT2D eigenvalue weighted by atomic mass is 9.99. The van der Waals surface area contributed by atoms with Crippen molar-refractivity contribution in [1.82, 2.24) is 18.9 Å². The van der Waals surface area contributed by atoms with E-state index in [1.54, 1.807) is 0 Å². The summed E-state index contributed by atoms with van der Waals surface area (Å²) < 4.78 is 29.3. The van der Waals surface area contributed by atoms with Crippen molar-refractivity contribution in [3.05, 3.63) is 54.6 Å². The molecule has 2 aromatic rings. The minimum Gasteiger partial charge on any atom is -0.368 e. The lowest BCUT2D eigenvalue weighted by molar-refractivity contribution is -0.128. The van der Waals surface area contributed by atoms with Crippen molar-refractivity contribution in [3.63, 3.8) is 0 Å². The summed E-state index contributed by atoms with van der Waals surface area (Å²) in [6, 6.07) is 8.25. The molecule has 0 radical (unpaired) electrons. The second kappa shape index (κ2) is 10.2. The summed E-state index contributed by atoms with van der Waals surface area (Å²) in [6.07, 6.45) is 4.59. The summed E-state index contributed by atoms with van der Waals surface area (Å²) >= 11 is 0. The number of likely N-dealkylation sites (N-methyl/N-ethyl adjacent to an activating group) is 1. The second-order valence-electron chi connectivity index (χ2n) is 8.07. The van der Waals surface area contributed by atoms with E-state index in [0.29, 0.717) is 26.2 Å². The van der Waals surface area contributed by atoms with Gasteiger partial charge < -0.3 is 10.6 Å². The van der Waals surface area contributed by atoms with E-state index in [1.807, 2.05) is 37.4 Å². The first-order valence-corrected chi connectivity index (χ1v) is 12.1. The zero-order chi connectivity index (χ0) is 23.3. The fourth-order valence-corrected chi connectivity index (χ4v) is 5.43. The van der Waals surface area contributed by atoms with Crippen LogP contribution in [0.1, 0.15) is 12.5 Å². The van der Waals surface area contributed by atoms with Crippen LogP contribution < -0.4 is 10.7 Å². The van der Waals surface area contributed by atoms with Crippen LogP contribution in [0.25, 0.3) is 0 Å². The molecule has 1 aliphatic rings. The minimum atomic E-state index is -3.70. The van der Waals surface area contributed by atoms with Crippen LogP contribution in [0.5, 0.6) is 0 Å². The van der Waals surface area contributed by atoms with Gasteiger partial charge in [0.25, 0.3) is 0 Å². The average Bonchev–Trinajstić information content (AvgIpc) is 3.28. The summed E-state index contributed by atoms with van der Waals surface area (Å²) in [5, 5.41) is 1.18. The maximum Gasteiger partial charge on any atom is 0.246 e. The van der Waals surface area contributed by atoms with Gasteiger partial charge in [-0.05, 0) is 26.0 Å². The van der Waals surface area contributed by atoms with Gasteiger partial charge in [0.2, 0.25) is 21.8 Å². The first-order chi connectivity index (χ1) is 15.2. The third-order valence-corrected chi connectivity index (χ3v) is 7.66. The van der Waals surface area contributed by atoms with Crippen LogP contribution in [0.15, 0.2) is 49.1 Å². The first-order valence-electron chi connectivity index (χ1n) is 10.5.